The molecular weight excluding hydrogens is 193 g/mol. The molecule has 1 heterocycles. The van der Waals surface area contributed by atoms with E-state index >= 15 is 0 Å². The lowest BCUT2D eigenvalue weighted by molar-refractivity contribution is 0.112. The maximum Gasteiger partial charge on any atom is 0.150 e. The summed E-state index contributed by atoms with van der Waals surface area (Å²) < 4.78 is 13.7. The number of aldehydes is 1. The molecule has 0 spiro atoms. The summed E-state index contributed by atoms with van der Waals surface area (Å²) in [7, 11) is 0. The summed E-state index contributed by atoms with van der Waals surface area (Å²) >= 11 is 0. The number of benzene rings is 1. The Labute approximate surface area is 88.7 Å². The van der Waals surface area contributed by atoms with Crippen molar-refractivity contribution >= 4 is 12.0 Å². The molecule has 0 aromatic heterocycles. The van der Waals surface area contributed by atoms with E-state index in [0.29, 0.717) is 23.6 Å². The summed E-state index contributed by atoms with van der Waals surface area (Å²) in [5.41, 5.74) is 1.01. The topological polar surface area (TPSA) is 20.3 Å². The molecule has 0 N–H and O–H groups in total. The number of nitrogens with zero attached hydrogens (tertiary/aromatic N) is 1. The standard InChI is InChI=1S/C12H14FNO/c1-9-3-2-6-14(9)12-5-4-10(8-15)7-11(12)13/h4-5,7-9H,2-3,6H2,1H3. The van der Waals surface area contributed by atoms with Gasteiger partial charge in [-0.25, -0.2) is 4.39 Å². The zero-order valence-electron chi connectivity index (χ0n) is 8.74. The molecule has 0 amide bonds. The first kappa shape index (κ1) is 10.1. The minimum atomic E-state index is -0.298. The van der Waals surface area contributed by atoms with Crippen LogP contribution in [0.25, 0.3) is 0 Å². The van der Waals surface area contributed by atoms with Gasteiger partial charge in [0.15, 0.2) is 0 Å². The van der Waals surface area contributed by atoms with Gasteiger partial charge in [0.25, 0.3) is 0 Å². The van der Waals surface area contributed by atoms with Gasteiger partial charge in [-0.3, -0.25) is 4.79 Å². The van der Waals surface area contributed by atoms with Gasteiger partial charge in [-0.2, -0.15) is 0 Å². The lowest BCUT2D eigenvalue weighted by Crippen LogP contribution is -2.27. The van der Waals surface area contributed by atoms with Crippen LogP contribution in [0.5, 0.6) is 0 Å². The number of hydrogen-bond donors (Lipinski definition) is 0. The van der Waals surface area contributed by atoms with Gasteiger partial charge in [0.1, 0.15) is 12.1 Å². The van der Waals surface area contributed by atoms with E-state index in [2.05, 4.69) is 11.8 Å². The molecule has 3 heteroatoms. The monoisotopic (exact) mass is 207 g/mol. The molecule has 1 aromatic rings. The average Bonchev–Trinajstić information content (AvgIpc) is 2.64. The van der Waals surface area contributed by atoms with E-state index in [4.69, 9.17) is 0 Å². The van der Waals surface area contributed by atoms with E-state index in [1.54, 1.807) is 12.1 Å². The number of carbonyl (C=O) groups excluding carboxylic acids is 1. The van der Waals surface area contributed by atoms with Crippen LogP contribution in [0.15, 0.2) is 18.2 Å². The van der Waals surface area contributed by atoms with Crippen LogP contribution in [0.2, 0.25) is 0 Å². The fourth-order valence-electron chi connectivity index (χ4n) is 2.12. The van der Waals surface area contributed by atoms with E-state index in [-0.39, 0.29) is 5.82 Å². The van der Waals surface area contributed by atoms with Crippen molar-refractivity contribution in [3.8, 4) is 0 Å². The smallest absolute Gasteiger partial charge is 0.150 e. The van der Waals surface area contributed by atoms with Crippen molar-refractivity contribution in [2.45, 2.75) is 25.8 Å². The summed E-state index contributed by atoms with van der Waals surface area (Å²) in [5, 5.41) is 0. The van der Waals surface area contributed by atoms with Crippen LogP contribution in [0.1, 0.15) is 30.1 Å². The van der Waals surface area contributed by atoms with Crippen molar-refractivity contribution in [3.63, 3.8) is 0 Å². The highest BCUT2D eigenvalue weighted by atomic mass is 19.1. The lowest BCUT2D eigenvalue weighted by Gasteiger charge is -2.24. The van der Waals surface area contributed by atoms with Crippen LogP contribution in [0.3, 0.4) is 0 Å². The van der Waals surface area contributed by atoms with Crippen molar-refractivity contribution in [2.75, 3.05) is 11.4 Å². The molecule has 0 bridgehead atoms. The molecule has 0 aliphatic carbocycles. The van der Waals surface area contributed by atoms with Crippen LogP contribution in [0.4, 0.5) is 10.1 Å². The fourth-order valence-corrected chi connectivity index (χ4v) is 2.12. The molecule has 0 radical (unpaired) electrons. The summed E-state index contributed by atoms with van der Waals surface area (Å²) in [6, 6.07) is 5.05. The Morgan fingerprint density at radius 2 is 2.33 bits per heavy atom. The van der Waals surface area contributed by atoms with E-state index in [9.17, 15) is 9.18 Å². The molecule has 1 unspecified atom stereocenters. The fraction of sp³-hybridized carbons (Fsp3) is 0.417. The minimum Gasteiger partial charge on any atom is -0.366 e. The van der Waals surface area contributed by atoms with E-state index in [1.807, 2.05) is 0 Å². The Kier molecular flexibility index (Phi) is 2.71. The summed E-state index contributed by atoms with van der Waals surface area (Å²) in [6.07, 6.45) is 2.88. The molecule has 1 atom stereocenters. The number of halogens is 1. The third-order valence-electron chi connectivity index (χ3n) is 2.97. The molecule has 1 aliphatic rings. The molecule has 1 saturated heterocycles. The maximum atomic E-state index is 13.7. The second-order valence-electron chi connectivity index (χ2n) is 4.01. The highest BCUT2D eigenvalue weighted by Crippen LogP contribution is 2.27. The Morgan fingerprint density at radius 3 is 2.87 bits per heavy atom. The molecule has 1 aliphatic heterocycles. The molecule has 1 aromatic carbocycles. The Morgan fingerprint density at radius 1 is 1.53 bits per heavy atom. The van der Waals surface area contributed by atoms with Crippen LogP contribution in [-0.2, 0) is 0 Å². The maximum absolute atomic E-state index is 13.7. The first-order valence-corrected chi connectivity index (χ1v) is 5.24. The molecule has 1 fully saturated rings. The van der Waals surface area contributed by atoms with Gasteiger partial charge in [0, 0.05) is 18.2 Å². The highest BCUT2D eigenvalue weighted by Gasteiger charge is 2.22. The van der Waals surface area contributed by atoms with E-state index < -0.39 is 0 Å². The van der Waals surface area contributed by atoms with Gasteiger partial charge in [-0.15, -0.1) is 0 Å². The zero-order valence-corrected chi connectivity index (χ0v) is 8.74. The quantitative estimate of drug-likeness (QED) is 0.695. The molecule has 2 rings (SSSR count). The van der Waals surface area contributed by atoms with Crippen molar-refractivity contribution < 1.29 is 9.18 Å². The van der Waals surface area contributed by atoms with E-state index in [0.717, 1.165) is 19.4 Å². The summed E-state index contributed by atoms with van der Waals surface area (Å²) in [6.45, 7) is 3.00. The van der Waals surface area contributed by atoms with Gasteiger partial charge >= 0.3 is 0 Å². The first-order valence-electron chi connectivity index (χ1n) is 5.24. The third kappa shape index (κ3) is 1.87. The Balaban J connectivity index is 2.32. The zero-order chi connectivity index (χ0) is 10.8. The van der Waals surface area contributed by atoms with Crippen LogP contribution in [0, 0.1) is 5.82 Å². The second-order valence-corrected chi connectivity index (χ2v) is 4.01. The van der Waals surface area contributed by atoms with Crippen molar-refractivity contribution in [1.82, 2.24) is 0 Å². The predicted octanol–water partition coefficient (Wildman–Crippen LogP) is 2.63. The third-order valence-corrected chi connectivity index (χ3v) is 2.97. The second kappa shape index (κ2) is 4.01. The molecule has 0 saturated carbocycles. The van der Waals surface area contributed by atoms with E-state index in [1.165, 1.54) is 6.07 Å². The number of rotatable bonds is 2. The number of carbonyl (C=O) groups is 1. The predicted molar refractivity (Wildman–Crippen MR) is 57.8 cm³/mol. The normalized spacial score (nSPS) is 20.7. The summed E-state index contributed by atoms with van der Waals surface area (Å²) in [4.78, 5) is 12.5. The van der Waals surface area contributed by atoms with Crippen LogP contribution >= 0.6 is 0 Å². The molecule has 2 nitrogen and oxygen atoms in total. The van der Waals surface area contributed by atoms with Gasteiger partial charge in [-0.05, 0) is 38.0 Å². The average molecular weight is 207 g/mol. The van der Waals surface area contributed by atoms with Gasteiger partial charge in [0.05, 0.1) is 5.69 Å². The Bertz CT molecular complexity index is 378. The van der Waals surface area contributed by atoms with Crippen LogP contribution in [-0.4, -0.2) is 18.9 Å². The van der Waals surface area contributed by atoms with Crippen molar-refractivity contribution in [3.05, 3.63) is 29.6 Å². The largest absolute Gasteiger partial charge is 0.366 e. The molecule has 80 valence electrons. The van der Waals surface area contributed by atoms with Crippen molar-refractivity contribution in [2.24, 2.45) is 0 Å². The number of anilines is 1. The SMILES string of the molecule is CC1CCCN1c1ccc(C=O)cc1F. The lowest BCUT2D eigenvalue weighted by atomic mass is 10.2. The number of hydrogen-bond acceptors (Lipinski definition) is 2. The van der Waals surface area contributed by atoms with Gasteiger partial charge in [0.2, 0.25) is 0 Å². The first-order chi connectivity index (χ1) is 7.22. The van der Waals surface area contributed by atoms with Gasteiger partial charge in [-0.1, -0.05) is 0 Å². The Hall–Kier alpha value is -1.38. The van der Waals surface area contributed by atoms with Crippen molar-refractivity contribution in [1.29, 1.82) is 0 Å². The minimum absolute atomic E-state index is 0.298. The van der Waals surface area contributed by atoms with Crippen LogP contribution < -0.4 is 4.90 Å². The molecule has 15 heavy (non-hydrogen) atoms. The highest BCUT2D eigenvalue weighted by molar-refractivity contribution is 5.76. The summed E-state index contributed by atoms with van der Waals surface area (Å²) in [5.74, 6) is -0.298. The van der Waals surface area contributed by atoms with Gasteiger partial charge < -0.3 is 4.90 Å². The molecular formula is C12H14FNO.